The third-order valence-electron chi connectivity index (χ3n) is 1.96. The molecule has 12 heavy (non-hydrogen) atoms. The number of piperidine rings is 1. The van der Waals surface area contributed by atoms with Crippen molar-refractivity contribution in [3.8, 4) is 0 Å². The highest BCUT2D eigenvalue weighted by atomic mass is 15.6. The SMILES string of the molecule is C1CCN(Nc2nn[nH]n2)CC1. The van der Waals surface area contributed by atoms with Crippen LogP contribution in [0.15, 0.2) is 0 Å². The van der Waals surface area contributed by atoms with Crippen LogP contribution in [0.1, 0.15) is 19.3 Å². The first kappa shape index (κ1) is 7.48. The Bertz CT molecular complexity index is 214. The topological polar surface area (TPSA) is 69.7 Å². The largest absolute Gasteiger partial charge is 0.284 e. The predicted octanol–water partition coefficient (Wildman–Crippen LogP) is 0.0125. The summed E-state index contributed by atoms with van der Waals surface area (Å²) < 4.78 is 0. The molecule has 1 saturated heterocycles. The van der Waals surface area contributed by atoms with Crippen LogP contribution in [-0.4, -0.2) is 38.7 Å². The molecule has 1 aromatic heterocycles. The van der Waals surface area contributed by atoms with Gasteiger partial charge in [0.05, 0.1) is 0 Å². The minimum atomic E-state index is 0.553. The number of rotatable bonds is 2. The highest BCUT2D eigenvalue weighted by molar-refractivity contribution is 5.16. The smallest absolute Gasteiger partial charge is 0.277 e. The minimum absolute atomic E-state index is 0.553. The molecule has 1 fully saturated rings. The fourth-order valence-electron chi connectivity index (χ4n) is 1.36. The van der Waals surface area contributed by atoms with Crippen LogP contribution in [0.3, 0.4) is 0 Å². The molecule has 0 aliphatic carbocycles. The molecule has 0 amide bonds. The number of nitrogens with zero attached hydrogens (tertiary/aromatic N) is 4. The summed E-state index contributed by atoms with van der Waals surface area (Å²) in [5.74, 6) is 0.553. The van der Waals surface area contributed by atoms with Gasteiger partial charge in [0.25, 0.3) is 5.95 Å². The molecule has 6 heteroatoms. The van der Waals surface area contributed by atoms with E-state index in [-0.39, 0.29) is 0 Å². The van der Waals surface area contributed by atoms with Crippen LogP contribution in [0.4, 0.5) is 5.95 Å². The number of aromatic amines is 1. The van der Waals surface area contributed by atoms with Gasteiger partial charge in [0.15, 0.2) is 0 Å². The minimum Gasteiger partial charge on any atom is -0.284 e. The van der Waals surface area contributed by atoms with Crippen LogP contribution in [0.5, 0.6) is 0 Å². The van der Waals surface area contributed by atoms with Gasteiger partial charge in [0.1, 0.15) is 0 Å². The molecule has 0 radical (unpaired) electrons. The summed E-state index contributed by atoms with van der Waals surface area (Å²) in [4.78, 5) is 0. The fourth-order valence-corrected chi connectivity index (χ4v) is 1.36. The van der Waals surface area contributed by atoms with Gasteiger partial charge in [-0.3, -0.25) is 5.43 Å². The molecule has 66 valence electrons. The van der Waals surface area contributed by atoms with Crippen molar-refractivity contribution in [2.45, 2.75) is 19.3 Å². The molecule has 6 nitrogen and oxygen atoms in total. The molecule has 2 heterocycles. The van der Waals surface area contributed by atoms with E-state index in [0.717, 1.165) is 13.1 Å². The van der Waals surface area contributed by atoms with Gasteiger partial charge < -0.3 is 0 Å². The van der Waals surface area contributed by atoms with Gasteiger partial charge in [-0.25, -0.2) is 5.01 Å². The van der Waals surface area contributed by atoms with Crippen molar-refractivity contribution in [2.75, 3.05) is 18.5 Å². The van der Waals surface area contributed by atoms with Crippen LogP contribution in [0, 0.1) is 0 Å². The van der Waals surface area contributed by atoms with Crippen LogP contribution in [-0.2, 0) is 0 Å². The highest BCUT2D eigenvalue weighted by Crippen LogP contribution is 2.08. The average Bonchev–Trinajstić information content (AvgIpc) is 2.59. The molecule has 1 aliphatic rings. The Labute approximate surface area is 70.3 Å². The van der Waals surface area contributed by atoms with Gasteiger partial charge in [-0.1, -0.05) is 11.5 Å². The standard InChI is InChI=1S/C6H12N6/c1-2-4-12(5-3-1)9-6-7-10-11-8-6/h1-5H2,(H2,7,8,9,10,11). The van der Waals surface area contributed by atoms with E-state index < -0.39 is 0 Å². The van der Waals surface area contributed by atoms with Gasteiger partial charge in [-0.2, -0.15) is 5.21 Å². The first-order valence-electron chi connectivity index (χ1n) is 4.20. The molecule has 0 unspecified atom stereocenters. The predicted molar refractivity (Wildman–Crippen MR) is 43.2 cm³/mol. The van der Waals surface area contributed by atoms with Gasteiger partial charge in [0, 0.05) is 13.1 Å². The first-order chi connectivity index (χ1) is 5.95. The van der Waals surface area contributed by atoms with E-state index in [0.29, 0.717) is 5.95 Å². The Hall–Kier alpha value is -1.17. The Kier molecular flexibility index (Phi) is 2.17. The number of hydrazine groups is 1. The van der Waals surface area contributed by atoms with E-state index in [9.17, 15) is 0 Å². The van der Waals surface area contributed by atoms with Crippen molar-refractivity contribution in [3.63, 3.8) is 0 Å². The van der Waals surface area contributed by atoms with Crippen LogP contribution in [0.25, 0.3) is 0 Å². The molecule has 2 N–H and O–H groups in total. The van der Waals surface area contributed by atoms with E-state index in [2.05, 4.69) is 31.1 Å². The van der Waals surface area contributed by atoms with E-state index in [1.54, 1.807) is 0 Å². The fraction of sp³-hybridized carbons (Fsp3) is 0.833. The van der Waals surface area contributed by atoms with Crippen molar-refractivity contribution in [1.82, 2.24) is 25.6 Å². The highest BCUT2D eigenvalue weighted by Gasteiger charge is 2.10. The Morgan fingerprint density at radius 1 is 1.25 bits per heavy atom. The Morgan fingerprint density at radius 2 is 2.08 bits per heavy atom. The zero-order valence-electron chi connectivity index (χ0n) is 6.82. The molecule has 1 aliphatic heterocycles. The quantitative estimate of drug-likeness (QED) is 0.651. The van der Waals surface area contributed by atoms with Crippen molar-refractivity contribution in [1.29, 1.82) is 0 Å². The number of nitrogens with one attached hydrogen (secondary N) is 2. The molecule has 0 spiro atoms. The molecule has 0 saturated carbocycles. The molecule has 0 aromatic carbocycles. The molecule has 0 bridgehead atoms. The number of hydrogen-bond donors (Lipinski definition) is 2. The second-order valence-corrected chi connectivity index (χ2v) is 2.89. The van der Waals surface area contributed by atoms with Crippen LogP contribution in [0.2, 0.25) is 0 Å². The Morgan fingerprint density at radius 3 is 2.75 bits per heavy atom. The van der Waals surface area contributed by atoms with Crippen LogP contribution >= 0.6 is 0 Å². The summed E-state index contributed by atoms with van der Waals surface area (Å²) in [6.07, 6.45) is 3.81. The van der Waals surface area contributed by atoms with E-state index in [1.165, 1.54) is 19.3 Å². The maximum Gasteiger partial charge on any atom is 0.277 e. The molecular weight excluding hydrogens is 156 g/mol. The number of anilines is 1. The average molecular weight is 168 g/mol. The number of hydrogen-bond acceptors (Lipinski definition) is 5. The summed E-state index contributed by atoms with van der Waals surface area (Å²) in [7, 11) is 0. The molecule has 0 atom stereocenters. The van der Waals surface area contributed by atoms with E-state index >= 15 is 0 Å². The molecule has 1 aromatic rings. The van der Waals surface area contributed by atoms with Crippen LogP contribution < -0.4 is 5.43 Å². The maximum absolute atomic E-state index is 3.81. The lowest BCUT2D eigenvalue weighted by Gasteiger charge is -2.25. The Balaban J connectivity index is 1.86. The van der Waals surface area contributed by atoms with Crippen molar-refractivity contribution >= 4 is 5.95 Å². The zero-order chi connectivity index (χ0) is 8.23. The third kappa shape index (κ3) is 1.70. The van der Waals surface area contributed by atoms with E-state index in [4.69, 9.17) is 0 Å². The van der Waals surface area contributed by atoms with Gasteiger partial charge in [0.2, 0.25) is 0 Å². The van der Waals surface area contributed by atoms with E-state index in [1.807, 2.05) is 0 Å². The van der Waals surface area contributed by atoms with Crippen molar-refractivity contribution in [3.05, 3.63) is 0 Å². The normalized spacial score (nSPS) is 19.3. The van der Waals surface area contributed by atoms with Gasteiger partial charge >= 0.3 is 0 Å². The van der Waals surface area contributed by atoms with Crippen molar-refractivity contribution in [2.24, 2.45) is 0 Å². The van der Waals surface area contributed by atoms with Gasteiger partial charge in [-0.05, 0) is 18.1 Å². The third-order valence-corrected chi connectivity index (χ3v) is 1.96. The lowest BCUT2D eigenvalue weighted by atomic mass is 10.2. The summed E-state index contributed by atoms with van der Waals surface area (Å²) in [6.45, 7) is 2.13. The monoisotopic (exact) mass is 168 g/mol. The molecule has 2 rings (SSSR count). The summed E-state index contributed by atoms with van der Waals surface area (Å²) >= 11 is 0. The maximum atomic E-state index is 3.81. The number of aromatic nitrogens is 4. The summed E-state index contributed by atoms with van der Waals surface area (Å²) in [5.41, 5.74) is 3.08. The first-order valence-corrected chi connectivity index (χ1v) is 4.20. The zero-order valence-corrected chi connectivity index (χ0v) is 6.82. The number of H-pyrrole nitrogens is 1. The lowest BCUT2D eigenvalue weighted by molar-refractivity contribution is 0.271. The molecular formula is C6H12N6. The lowest BCUT2D eigenvalue weighted by Crippen LogP contribution is -2.35. The second kappa shape index (κ2) is 3.48. The van der Waals surface area contributed by atoms with Gasteiger partial charge in [-0.15, -0.1) is 5.10 Å². The summed E-state index contributed by atoms with van der Waals surface area (Å²) in [5, 5.41) is 15.6. The number of tetrazole rings is 1. The second-order valence-electron chi connectivity index (χ2n) is 2.89. The van der Waals surface area contributed by atoms with Crippen molar-refractivity contribution < 1.29 is 0 Å². The summed E-state index contributed by atoms with van der Waals surface area (Å²) in [6, 6.07) is 0.